The SMILES string of the molecule is Fc1ccc(NC2CCOC3(CCCCC3)C2)cc1F. The predicted octanol–water partition coefficient (Wildman–Crippen LogP) is 4.26. The first-order chi connectivity index (χ1) is 9.67. The van der Waals surface area contributed by atoms with Crippen LogP contribution >= 0.6 is 0 Å². The Labute approximate surface area is 118 Å². The van der Waals surface area contributed by atoms with E-state index in [1.807, 2.05) is 0 Å². The molecule has 0 bridgehead atoms. The molecule has 0 radical (unpaired) electrons. The lowest BCUT2D eigenvalue weighted by atomic mass is 9.78. The molecule has 3 rings (SSSR count). The first kappa shape index (κ1) is 13.8. The number of ether oxygens (including phenoxy) is 1. The molecule has 2 fully saturated rings. The third kappa shape index (κ3) is 2.95. The van der Waals surface area contributed by atoms with Gasteiger partial charge in [-0.15, -0.1) is 0 Å². The van der Waals surface area contributed by atoms with Crippen molar-refractivity contribution < 1.29 is 13.5 Å². The fraction of sp³-hybridized carbons (Fsp3) is 0.625. The molecule has 1 heterocycles. The molecule has 1 saturated carbocycles. The van der Waals surface area contributed by atoms with Crippen LogP contribution in [-0.2, 0) is 4.74 Å². The second kappa shape index (κ2) is 5.68. The van der Waals surface area contributed by atoms with Crippen molar-refractivity contribution in [3.8, 4) is 0 Å². The summed E-state index contributed by atoms with van der Waals surface area (Å²) in [4.78, 5) is 0. The Balaban J connectivity index is 1.66. The smallest absolute Gasteiger partial charge is 0.160 e. The zero-order valence-electron chi connectivity index (χ0n) is 11.6. The molecule has 1 unspecified atom stereocenters. The van der Waals surface area contributed by atoms with Crippen LogP contribution in [0, 0.1) is 11.6 Å². The van der Waals surface area contributed by atoms with E-state index in [1.54, 1.807) is 6.07 Å². The van der Waals surface area contributed by atoms with Gasteiger partial charge in [-0.25, -0.2) is 8.78 Å². The molecule has 1 spiro atoms. The van der Waals surface area contributed by atoms with E-state index in [1.165, 1.54) is 31.4 Å². The van der Waals surface area contributed by atoms with E-state index in [0.717, 1.165) is 32.3 Å². The van der Waals surface area contributed by atoms with Gasteiger partial charge in [0.2, 0.25) is 0 Å². The normalized spacial score (nSPS) is 25.6. The van der Waals surface area contributed by atoms with Crippen molar-refractivity contribution >= 4 is 5.69 Å². The van der Waals surface area contributed by atoms with Gasteiger partial charge >= 0.3 is 0 Å². The van der Waals surface area contributed by atoms with E-state index >= 15 is 0 Å². The second-order valence-corrected chi connectivity index (χ2v) is 6.06. The number of halogens is 2. The van der Waals surface area contributed by atoms with Gasteiger partial charge in [0.25, 0.3) is 0 Å². The van der Waals surface area contributed by atoms with Crippen molar-refractivity contribution in [3.05, 3.63) is 29.8 Å². The summed E-state index contributed by atoms with van der Waals surface area (Å²) in [5.74, 6) is -1.60. The molecule has 1 aliphatic carbocycles. The summed E-state index contributed by atoms with van der Waals surface area (Å²) in [5, 5.41) is 3.33. The molecule has 2 aliphatic rings. The van der Waals surface area contributed by atoms with Crippen LogP contribution < -0.4 is 5.32 Å². The van der Waals surface area contributed by atoms with E-state index in [2.05, 4.69) is 5.32 Å². The zero-order valence-corrected chi connectivity index (χ0v) is 11.6. The molecular formula is C16H21F2NO. The Morgan fingerprint density at radius 2 is 1.90 bits per heavy atom. The molecule has 1 atom stereocenters. The van der Waals surface area contributed by atoms with Gasteiger partial charge in [-0.1, -0.05) is 19.3 Å². The lowest BCUT2D eigenvalue weighted by Gasteiger charge is -2.44. The van der Waals surface area contributed by atoms with Crippen molar-refractivity contribution in [1.29, 1.82) is 0 Å². The molecule has 0 aromatic heterocycles. The van der Waals surface area contributed by atoms with Crippen LogP contribution in [0.2, 0.25) is 0 Å². The molecule has 110 valence electrons. The fourth-order valence-electron chi connectivity index (χ4n) is 3.52. The van der Waals surface area contributed by atoms with Gasteiger partial charge in [-0.2, -0.15) is 0 Å². The molecule has 4 heteroatoms. The number of hydrogen-bond acceptors (Lipinski definition) is 2. The molecule has 1 aliphatic heterocycles. The summed E-state index contributed by atoms with van der Waals surface area (Å²) in [6.45, 7) is 0.751. The van der Waals surface area contributed by atoms with Crippen LogP contribution in [0.4, 0.5) is 14.5 Å². The number of hydrogen-bond donors (Lipinski definition) is 1. The van der Waals surface area contributed by atoms with Gasteiger partial charge in [0, 0.05) is 24.4 Å². The van der Waals surface area contributed by atoms with E-state index in [4.69, 9.17) is 4.74 Å². The largest absolute Gasteiger partial charge is 0.382 e. The van der Waals surface area contributed by atoms with Crippen molar-refractivity contribution in [2.45, 2.75) is 56.6 Å². The molecule has 0 amide bonds. The number of nitrogens with one attached hydrogen (secondary N) is 1. The van der Waals surface area contributed by atoms with Gasteiger partial charge in [-0.3, -0.25) is 0 Å². The fourth-order valence-corrected chi connectivity index (χ4v) is 3.52. The Hall–Kier alpha value is -1.16. The topological polar surface area (TPSA) is 21.3 Å². The average molecular weight is 281 g/mol. The lowest BCUT2D eigenvalue weighted by molar-refractivity contribution is -0.103. The highest BCUT2D eigenvalue weighted by molar-refractivity contribution is 5.44. The molecule has 20 heavy (non-hydrogen) atoms. The van der Waals surface area contributed by atoms with E-state index in [0.29, 0.717) is 5.69 Å². The van der Waals surface area contributed by atoms with Crippen molar-refractivity contribution in [1.82, 2.24) is 0 Å². The third-order valence-electron chi connectivity index (χ3n) is 4.55. The third-order valence-corrected chi connectivity index (χ3v) is 4.55. The first-order valence-corrected chi connectivity index (χ1v) is 7.52. The van der Waals surface area contributed by atoms with E-state index in [9.17, 15) is 8.78 Å². The van der Waals surface area contributed by atoms with Crippen LogP contribution in [0.15, 0.2) is 18.2 Å². The number of anilines is 1. The van der Waals surface area contributed by atoms with Gasteiger partial charge in [0.05, 0.1) is 5.60 Å². The Bertz CT molecular complexity index is 466. The van der Waals surface area contributed by atoms with Crippen LogP contribution in [-0.4, -0.2) is 18.2 Å². The number of benzene rings is 1. The maximum absolute atomic E-state index is 13.2. The van der Waals surface area contributed by atoms with Crippen LogP contribution in [0.25, 0.3) is 0 Å². The number of rotatable bonds is 2. The van der Waals surface area contributed by atoms with Gasteiger partial charge in [0.1, 0.15) is 0 Å². The molecule has 1 aromatic rings. The second-order valence-electron chi connectivity index (χ2n) is 6.06. The summed E-state index contributed by atoms with van der Waals surface area (Å²) in [6.07, 6.45) is 7.90. The maximum atomic E-state index is 13.2. The van der Waals surface area contributed by atoms with Crippen LogP contribution in [0.1, 0.15) is 44.9 Å². The average Bonchev–Trinajstić information content (AvgIpc) is 2.44. The van der Waals surface area contributed by atoms with Gasteiger partial charge < -0.3 is 10.1 Å². The Kier molecular flexibility index (Phi) is 3.92. The molecule has 2 nitrogen and oxygen atoms in total. The lowest BCUT2D eigenvalue weighted by Crippen LogP contribution is -2.45. The van der Waals surface area contributed by atoms with Crippen LogP contribution in [0.5, 0.6) is 0 Å². The zero-order chi connectivity index (χ0) is 14.0. The van der Waals surface area contributed by atoms with E-state index < -0.39 is 11.6 Å². The van der Waals surface area contributed by atoms with Crippen molar-refractivity contribution in [3.63, 3.8) is 0 Å². The Morgan fingerprint density at radius 1 is 1.10 bits per heavy atom. The highest BCUT2D eigenvalue weighted by Gasteiger charge is 2.38. The monoisotopic (exact) mass is 281 g/mol. The quantitative estimate of drug-likeness (QED) is 0.874. The summed E-state index contributed by atoms with van der Waals surface area (Å²) >= 11 is 0. The summed E-state index contributed by atoms with van der Waals surface area (Å²) in [7, 11) is 0. The molecule has 1 N–H and O–H groups in total. The molecule has 1 aromatic carbocycles. The van der Waals surface area contributed by atoms with Crippen molar-refractivity contribution in [2.75, 3.05) is 11.9 Å². The Morgan fingerprint density at radius 3 is 2.65 bits per heavy atom. The van der Waals surface area contributed by atoms with E-state index in [-0.39, 0.29) is 11.6 Å². The van der Waals surface area contributed by atoms with Gasteiger partial charge in [-0.05, 0) is 37.8 Å². The highest BCUT2D eigenvalue weighted by atomic mass is 19.2. The molecular weight excluding hydrogens is 260 g/mol. The minimum Gasteiger partial charge on any atom is -0.382 e. The molecule has 1 saturated heterocycles. The summed E-state index contributed by atoms with van der Waals surface area (Å²) in [6, 6.07) is 4.29. The standard InChI is InChI=1S/C16H21F2NO/c17-14-5-4-12(10-15(14)18)19-13-6-9-20-16(11-13)7-2-1-3-8-16/h4-5,10,13,19H,1-3,6-9,11H2. The maximum Gasteiger partial charge on any atom is 0.160 e. The summed E-state index contributed by atoms with van der Waals surface area (Å²) in [5.41, 5.74) is 0.675. The predicted molar refractivity (Wildman–Crippen MR) is 74.8 cm³/mol. The highest BCUT2D eigenvalue weighted by Crippen LogP contribution is 2.39. The minimum absolute atomic E-state index is 0.0206. The minimum atomic E-state index is -0.800. The van der Waals surface area contributed by atoms with Crippen molar-refractivity contribution in [2.24, 2.45) is 0 Å². The van der Waals surface area contributed by atoms with Gasteiger partial charge in [0.15, 0.2) is 11.6 Å². The first-order valence-electron chi connectivity index (χ1n) is 7.52. The van der Waals surface area contributed by atoms with Crippen LogP contribution in [0.3, 0.4) is 0 Å². The summed E-state index contributed by atoms with van der Waals surface area (Å²) < 4.78 is 32.2.